The molecule has 1 heterocycles. The van der Waals surface area contributed by atoms with Gasteiger partial charge in [-0.15, -0.1) is 0 Å². The second-order valence-corrected chi connectivity index (χ2v) is 4.83. The predicted octanol–water partition coefficient (Wildman–Crippen LogP) is 2.04. The summed E-state index contributed by atoms with van der Waals surface area (Å²) in [7, 11) is 0. The van der Waals surface area contributed by atoms with E-state index in [2.05, 4.69) is 19.2 Å². The molecule has 1 aliphatic heterocycles. The van der Waals surface area contributed by atoms with Gasteiger partial charge in [0.1, 0.15) is 12.0 Å². The Hall–Kier alpha value is -1.06. The predicted molar refractivity (Wildman–Crippen MR) is 58.6 cm³/mol. The van der Waals surface area contributed by atoms with Crippen LogP contribution in [-0.2, 0) is 4.74 Å². The van der Waals surface area contributed by atoms with Gasteiger partial charge in [0, 0.05) is 12.0 Å². The summed E-state index contributed by atoms with van der Waals surface area (Å²) in [4.78, 5) is 0. The van der Waals surface area contributed by atoms with Gasteiger partial charge in [-0.1, -0.05) is 26.0 Å². The summed E-state index contributed by atoms with van der Waals surface area (Å²) >= 11 is 0. The van der Waals surface area contributed by atoms with Gasteiger partial charge in [0.2, 0.25) is 0 Å². The van der Waals surface area contributed by atoms with Crippen LogP contribution in [0, 0.1) is 5.41 Å². The zero-order chi connectivity index (χ0) is 10.9. The van der Waals surface area contributed by atoms with E-state index < -0.39 is 0 Å². The highest BCUT2D eigenvalue weighted by Crippen LogP contribution is 2.27. The number of benzene rings is 1. The van der Waals surface area contributed by atoms with E-state index in [1.54, 1.807) is 12.1 Å². The lowest BCUT2D eigenvalue weighted by atomic mass is 9.93. The van der Waals surface area contributed by atoms with Crippen molar-refractivity contribution in [1.29, 1.82) is 0 Å². The van der Waals surface area contributed by atoms with Crippen molar-refractivity contribution in [1.82, 2.24) is 5.32 Å². The monoisotopic (exact) mass is 207 g/mol. The van der Waals surface area contributed by atoms with Crippen LogP contribution in [0.2, 0.25) is 0 Å². The zero-order valence-corrected chi connectivity index (χ0v) is 9.16. The van der Waals surface area contributed by atoms with Crippen LogP contribution in [0.4, 0.5) is 0 Å². The van der Waals surface area contributed by atoms with Gasteiger partial charge in [0.15, 0.2) is 0 Å². The van der Waals surface area contributed by atoms with E-state index in [1.165, 1.54) is 0 Å². The smallest absolute Gasteiger partial charge is 0.134 e. The fourth-order valence-electron chi connectivity index (χ4n) is 1.69. The molecule has 1 aliphatic rings. The number of rotatable bonds is 1. The molecule has 2 rings (SSSR count). The molecule has 0 saturated carbocycles. The lowest BCUT2D eigenvalue weighted by molar-refractivity contribution is -0.0595. The molecule has 0 amide bonds. The largest absolute Gasteiger partial charge is 0.508 e. The van der Waals surface area contributed by atoms with E-state index in [0.717, 1.165) is 18.7 Å². The molecule has 1 atom stereocenters. The van der Waals surface area contributed by atoms with Crippen molar-refractivity contribution < 1.29 is 9.84 Å². The molecule has 0 bridgehead atoms. The van der Waals surface area contributed by atoms with Gasteiger partial charge in [-0.25, -0.2) is 0 Å². The maximum Gasteiger partial charge on any atom is 0.134 e. The maximum atomic E-state index is 9.36. The van der Waals surface area contributed by atoms with Crippen LogP contribution in [-0.4, -0.2) is 18.3 Å². The Morgan fingerprint density at radius 2 is 2.27 bits per heavy atom. The first-order valence-corrected chi connectivity index (χ1v) is 5.21. The lowest BCUT2D eigenvalue weighted by Gasteiger charge is -2.35. The normalized spacial score (nSPS) is 25.1. The van der Waals surface area contributed by atoms with Crippen molar-refractivity contribution in [2.75, 3.05) is 13.2 Å². The highest BCUT2D eigenvalue weighted by Gasteiger charge is 2.27. The molecule has 1 saturated heterocycles. The van der Waals surface area contributed by atoms with Gasteiger partial charge >= 0.3 is 0 Å². The first-order chi connectivity index (χ1) is 7.07. The maximum absolute atomic E-state index is 9.36. The van der Waals surface area contributed by atoms with E-state index >= 15 is 0 Å². The van der Waals surface area contributed by atoms with Crippen molar-refractivity contribution in [2.45, 2.75) is 20.1 Å². The molecule has 82 valence electrons. The Bertz CT molecular complexity index is 339. The third-order valence-electron chi connectivity index (χ3n) is 2.58. The van der Waals surface area contributed by atoms with Crippen LogP contribution in [0.5, 0.6) is 5.75 Å². The molecule has 1 aromatic carbocycles. The quantitative estimate of drug-likeness (QED) is 0.740. The Morgan fingerprint density at radius 3 is 2.87 bits per heavy atom. The molecule has 0 radical (unpaired) electrons. The number of hydrogen-bond donors (Lipinski definition) is 2. The first-order valence-electron chi connectivity index (χ1n) is 5.21. The number of ether oxygens (including phenoxy) is 1. The molecular formula is C12H17NO2. The van der Waals surface area contributed by atoms with Gasteiger partial charge in [-0.3, -0.25) is 5.32 Å². The Morgan fingerprint density at radius 1 is 1.47 bits per heavy atom. The van der Waals surface area contributed by atoms with Gasteiger partial charge in [0.05, 0.1) is 6.61 Å². The molecule has 2 N–H and O–H groups in total. The van der Waals surface area contributed by atoms with Gasteiger partial charge in [-0.05, 0) is 17.7 Å². The molecule has 0 aromatic heterocycles. The Kier molecular flexibility index (Phi) is 2.67. The van der Waals surface area contributed by atoms with Crippen LogP contribution in [0.15, 0.2) is 24.3 Å². The minimum Gasteiger partial charge on any atom is -0.508 e. The van der Waals surface area contributed by atoms with Gasteiger partial charge in [0.25, 0.3) is 0 Å². The number of phenols is 1. The van der Waals surface area contributed by atoms with E-state index in [9.17, 15) is 5.11 Å². The van der Waals surface area contributed by atoms with Crippen molar-refractivity contribution in [3.8, 4) is 5.75 Å². The second kappa shape index (κ2) is 3.83. The zero-order valence-electron chi connectivity index (χ0n) is 9.16. The molecule has 1 unspecified atom stereocenters. The highest BCUT2D eigenvalue weighted by atomic mass is 16.5. The van der Waals surface area contributed by atoms with Crippen molar-refractivity contribution in [3.05, 3.63) is 29.8 Å². The molecule has 3 heteroatoms. The van der Waals surface area contributed by atoms with Crippen LogP contribution in [0.25, 0.3) is 0 Å². The summed E-state index contributed by atoms with van der Waals surface area (Å²) in [5, 5.41) is 12.7. The molecular weight excluding hydrogens is 190 g/mol. The van der Waals surface area contributed by atoms with Gasteiger partial charge in [-0.2, -0.15) is 0 Å². The number of hydrogen-bond acceptors (Lipinski definition) is 3. The van der Waals surface area contributed by atoms with E-state index in [0.29, 0.717) is 0 Å². The van der Waals surface area contributed by atoms with Crippen LogP contribution in [0.3, 0.4) is 0 Å². The summed E-state index contributed by atoms with van der Waals surface area (Å²) < 4.78 is 5.71. The van der Waals surface area contributed by atoms with Crippen molar-refractivity contribution >= 4 is 0 Å². The average Bonchev–Trinajstić information content (AvgIpc) is 2.17. The SMILES string of the molecule is CC1(C)CNC(c2cccc(O)c2)OC1. The van der Waals surface area contributed by atoms with Crippen molar-refractivity contribution in [3.63, 3.8) is 0 Å². The van der Waals surface area contributed by atoms with E-state index in [1.807, 2.05) is 12.1 Å². The molecule has 0 aliphatic carbocycles. The molecule has 1 fully saturated rings. The lowest BCUT2D eigenvalue weighted by Crippen LogP contribution is -2.42. The topological polar surface area (TPSA) is 41.5 Å². The Labute approximate surface area is 90.1 Å². The number of aromatic hydroxyl groups is 1. The minimum atomic E-state index is -0.0925. The molecule has 1 aromatic rings. The standard InChI is InChI=1S/C12H17NO2/c1-12(2)7-13-11(15-8-12)9-4-3-5-10(14)6-9/h3-6,11,13-14H,7-8H2,1-2H3. The summed E-state index contributed by atoms with van der Waals surface area (Å²) in [6, 6.07) is 7.18. The van der Waals surface area contributed by atoms with Crippen LogP contribution in [0.1, 0.15) is 25.6 Å². The fourth-order valence-corrected chi connectivity index (χ4v) is 1.69. The summed E-state index contributed by atoms with van der Waals surface area (Å²) in [6.07, 6.45) is -0.0925. The fraction of sp³-hybridized carbons (Fsp3) is 0.500. The number of phenolic OH excluding ortho intramolecular Hbond substituents is 1. The average molecular weight is 207 g/mol. The van der Waals surface area contributed by atoms with E-state index in [-0.39, 0.29) is 17.4 Å². The summed E-state index contributed by atoms with van der Waals surface area (Å²) in [6.45, 7) is 5.99. The molecule has 15 heavy (non-hydrogen) atoms. The minimum absolute atomic E-state index is 0.0925. The highest BCUT2D eigenvalue weighted by molar-refractivity contribution is 5.28. The summed E-state index contributed by atoms with van der Waals surface area (Å²) in [5.74, 6) is 0.280. The third kappa shape index (κ3) is 2.49. The summed E-state index contributed by atoms with van der Waals surface area (Å²) in [5.41, 5.74) is 1.17. The third-order valence-corrected chi connectivity index (χ3v) is 2.58. The Balaban J connectivity index is 2.08. The van der Waals surface area contributed by atoms with Crippen LogP contribution >= 0.6 is 0 Å². The molecule has 3 nitrogen and oxygen atoms in total. The van der Waals surface area contributed by atoms with E-state index in [4.69, 9.17) is 4.74 Å². The van der Waals surface area contributed by atoms with Gasteiger partial charge < -0.3 is 9.84 Å². The first kappa shape index (κ1) is 10.5. The number of nitrogens with one attached hydrogen (secondary N) is 1. The van der Waals surface area contributed by atoms with Crippen LogP contribution < -0.4 is 5.32 Å². The molecule has 0 spiro atoms. The second-order valence-electron chi connectivity index (χ2n) is 4.83. The van der Waals surface area contributed by atoms with Crippen molar-refractivity contribution in [2.24, 2.45) is 5.41 Å².